The number of nitrogens with one attached hydrogen (secondary N) is 1. The summed E-state index contributed by atoms with van der Waals surface area (Å²) in [6.07, 6.45) is 0. The number of hydrogen-bond acceptors (Lipinski definition) is 3. The minimum atomic E-state index is -0.677. The van der Waals surface area contributed by atoms with Crippen LogP contribution < -0.4 is 5.32 Å². The quantitative estimate of drug-likeness (QED) is 0.683. The van der Waals surface area contributed by atoms with Gasteiger partial charge in [0.05, 0.1) is 11.0 Å². The minimum Gasteiger partial charge on any atom is -0.375 e. The first-order chi connectivity index (χ1) is 9.47. The van der Waals surface area contributed by atoms with Crippen molar-refractivity contribution >= 4 is 11.4 Å². The van der Waals surface area contributed by atoms with Gasteiger partial charge >= 0.3 is 0 Å². The predicted octanol–water partition coefficient (Wildman–Crippen LogP) is 3.79. The zero-order valence-electron chi connectivity index (χ0n) is 10.7. The van der Waals surface area contributed by atoms with E-state index in [1.165, 1.54) is 18.2 Å². The van der Waals surface area contributed by atoms with E-state index in [0.717, 1.165) is 17.7 Å². The molecule has 6 heteroatoms. The van der Waals surface area contributed by atoms with Gasteiger partial charge in [-0.2, -0.15) is 0 Å². The van der Waals surface area contributed by atoms with Crippen LogP contribution in [0.5, 0.6) is 0 Å². The third-order valence-corrected chi connectivity index (χ3v) is 2.94. The van der Waals surface area contributed by atoms with Crippen LogP contribution in [0.25, 0.3) is 0 Å². The fourth-order valence-electron chi connectivity index (χ4n) is 1.83. The van der Waals surface area contributed by atoms with Gasteiger partial charge in [-0.1, -0.05) is 6.07 Å². The van der Waals surface area contributed by atoms with E-state index in [2.05, 4.69) is 5.32 Å². The van der Waals surface area contributed by atoms with Gasteiger partial charge in [0.1, 0.15) is 17.3 Å². The highest BCUT2D eigenvalue weighted by molar-refractivity contribution is 5.61. The molecule has 0 fully saturated rings. The summed E-state index contributed by atoms with van der Waals surface area (Å²) >= 11 is 0. The van der Waals surface area contributed by atoms with E-state index < -0.39 is 10.7 Å². The van der Waals surface area contributed by atoms with Gasteiger partial charge in [0.15, 0.2) is 0 Å². The molecule has 0 aliphatic carbocycles. The molecular formula is C14H12F2N2O2. The smallest absolute Gasteiger partial charge is 0.295 e. The minimum absolute atomic E-state index is 0.195. The lowest BCUT2D eigenvalue weighted by Gasteiger charge is -2.09. The SMILES string of the molecule is Cc1ccc(F)cc1CNc1ccc(F)cc1[N+](=O)[O-]. The first kappa shape index (κ1) is 13.9. The first-order valence-electron chi connectivity index (χ1n) is 5.90. The maximum absolute atomic E-state index is 13.1. The second kappa shape index (κ2) is 5.64. The Hall–Kier alpha value is -2.50. The summed E-state index contributed by atoms with van der Waals surface area (Å²) < 4.78 is 26.2. The van der Waals surface area contributed by atoms with Crippen molar-refractivity contribution in [2.45, 2.75) is 13.5 Å². The number of hydrogen-bond donors (Lipinski definition) is 1. The Bertz CT molecular complexity index is 660. The van der Waals surface area contributed by atoms with Gasteiger partial charge in [0.2, 0.25) is 0 Å². The molecule has 1 N–H and O–H groups in total. The standard InChI is InChI=1S/C14H12F2N2O2/c1-9-2-3-11(15)6-10(9)8-17-13-5-4-12(16)7-14(13)18(19)20/h2-7,17H,8H2,1H3. The van der Waals surface area contributed by atoms with Crippen molar-refractivity contribution in [2.24, 2.45) is 0 Å². The summed E-state index contributed by atoms with van der Waals surface area (Å²) in [5.74, 6) is -1.05. The molecule has 4 nitrogen and oxygen atoms in total. The van der Waals surface area contributed by atoms with Gasteiger partial charge in [-0.15, -0.1) is 0 Å². The molecule has 0 heterocycles. The van der Waals surface area contributed by atoms with Crippen LogP contribution >= 0.6 is 0 Å². The molecule has 0 unspecified atom stereocenters. The lowest BCUT2D eigenvalue weighted by molar-refractivity contribution is -0.384. The number of benzene rings is 2. The number of anilines is 1. The molecule has 0 radical (unpaired) electrons. The third kappa shape index (κ3) is 3.09. The van der Waals surface area contributed by atoms with Crippen LogP contribution in [0.2, 0.25) is 0 Å². The van der Waals surface area contributed by atoms with Crippen molar-refractivity contribution in [3.8, 4) is 0 Å². The van der Waals surface area contributed by atoms with Gasteiger partial charge in [-0.05, 0) is 42.3 Å². The van der Waals surface area contributed by atoms with E-state index >= 15 is 0 Å². The van der Waals surface area contributed by atoms with Gasteiger partial charge in [0, 0.05) is 6.54 Å². The molecule has 0 saturated carbocycles. The zero-order chi connectivity index (χ0) is 14.7. The molecular weight excluding hydrogens is 266 g/mol. The van der Waals surface area contributed by atoms with Crippen LogP contribution in [0.15, 0.2) is 36.4 Å². The Labute approximate surface area is 114 Å². The number of aryl methyl sites for hydroxylation is 1. The Balaban J connectivity index is 2.23. The molecule has 0 amide bonds. The average molecular weight is 278 g/mol. The van der Waals surface area contributed by atoms with E-state index in [9.17, 15) is 18.9 Å². The highest BCUT2D eigenvalue weighted by Crippen LogP contribution is 2.25. The summed E-state index contributed by atoms with van der Waals surface area (Å²) in [7, 11) is 0. The molecule has 0 saturated heterocycles. The van der Waals surface area contributed by atoms with E-state index in [1.807, 2.05) is 6.92 Å². The molecule has 0 bridgehead atoms. The van der Waals surface area contributed by atoms with Crippen LogP contribution in [0.3, 0.4) is 0 Å². The summed E-state index contributed by atoms with van der Waals surface area (Å²) in [5, 5.41) is 13.7. The van der Waals surface area contributed by atoms with Crippen molar-refractivity contribution in [1.82, 2.24) is 0 Å². The molecule has 0 aliphatic heterocycles. The van der Waals surface area contributed by atoms with Crippen LogP contribution in [0, 0.1) is 28.7 Å². The topological polar surface area (TPSA) is 55.2 Å². The summed E-state index contributed by atoms with van der Waals surface area (Å²) in [6.45, 7) is 2.03. The Kier molecular flexibility index (Phi) is 3.93. The maximum Gasteiger partial charge on any atom is 0.295 e. The van der Waals surface area contributed by atoms with Crippen LogP contribution in [-0.4, -0.2) is 4.92 Å². The Morgan fingerprint density at radius 1 is 1.15 bits per heavy atom. The van der Waals surface area contributed by atoms with E-state index in [-0.39, 0.29) is 23.7 Å². The Morgan fingerprint density at radius 3 is 2.50 bits per heavy atom. The fourth-order valence-corrected chi connectivity index (χ4v) is 1.83. The zero-order valence-corrected chi connectivity index (χ0v) is 10.7. The lowest BCUT2D eigenvalue weighted by Crippen LogP contribution is -2.04. The van der Waals surface area contributed by atoms with Crippen molar-refractivity contribution in [1.29, 1.82) is 0 Å². The van der Waals surface area contributed by atoms with Gasteiger partial charge in [-0.3, -0.25) is 10.1 Å². The monoisotopic (exact) mass is 278 g/mol. The highest BCUT2D eigenvalue weighted by atomic mass is 19.1. The molecule has 0 atom stereocenters. The third-order valence-electron chi connectivity index (χ3n) is 2.94. The summed E-state index contributed by atoms with van der Waals surface area (Å²) in [5.41, 5.74) is 1.39. The van der Waals surface area contributed by atoms with Crippen molar-refractivity contribution < 1.29 is 13.7 Å². The second-order valence-corrected chi connectivity index (χ2v) is 4.34. The number of nitro benzene ring substituents is 1. The average Bonchev–Trinajstić information content (AvgIpc) is 2.40. The fraction of sp³-hybridized carbons (Fsp3) is 0.143. The summed E-state index contributed by atoms with van der Waals surface area (Å²) in [6, 6.07) is 7.61. The molecule has 2 rings (SSSR count). The van der Waals surface area contributed by atoms with E-state index in [1.54, 1.807) is 6.07 Å². The lowest BCUT2D eigenvalue weighted by atomic mass is 10.1. The molecule has 2 aromatic carbocycles. The van der Waals surface area contributed by atoms with Gasteiger partial charge in [-0.25, -0.2) is 8.78 Å². The van der Waals surface area contributed by atoms with Crippen LogP contribution in [0.1, 0.15) is 11.1 Å². The first-order valence-corrected chi connectivity index (χ1v) is 5.90. The van der Waals surface area contributed by atoms with Crippen LogP contribution in [0.4, 0.5) is 20.2 Å². The van der Waals surface area contributed by atoms with Gasteiger partial charge in [0.25, 0.3) is 5.69 Å². The molecule has 0 spiro atoms. The summed E-state index contributed by atoms with van der Waals surface area (Å²) in [4.78, 5) is 10.2. The number of nitrogens with zero attached hydrogens (tertiary/aromatic N) is 1. The molecule has 0 aromatic heterocycles. The number of nitro groups is 1. The molecule has 20 heavy (non-hydrogen) atoms. The molecule has 104 valence electrons. The second-order valence-electron chi connectivity index (χ2n) is 4.34. The maximum atomic E-state index is 13.1. The van der Waals surface area contributed by atoms with Crippen molar-refractivity contribution in [3.63, 3.8) is 0 Å². The van der Waals surface area contributed by atoms with Crippen molar-refractivity contribution in [2.75, 3.05) is 5.32 Å². The largest absolute Gasteiger partial charge is 0.375 e. The van der Waals surface area contributed by atoms with E-state index in [0.29, 0.717) is 5.56 Å². The normalized spacial score (nSPS) is 10.3. The van der Waals surface area contributed by atoms with E-state index in [4.69, 9.17) is 0 Å². The number of rotatable bonds is 4. The molecule has 2 aromatic rings. The number of halogens is 2. The Morgan fingerprint density at radius 2 is 1.80 bits per heavy atom. The molecule has 0 aliphatic rings. The predicted molar refractivity (Wildman–Crippen MR) is 71.5 cm³/mol. The van der Waals surface area contributed by atoms with Crippen molar-refractivity contribution in [3.05, 3.63) is 69.3 Å². The van der Waals surface area contributed by atoms with Gasteiger partial charge < -0.3 is 5.32 Å². The highest BCUT2D eigenvalue weighted by Gasteiger charge is 2.14. The van der Waals surface area contributed by atoms with Crippen LogP contribution in [-0.2, 0) is 6.54 Å².